The van der Waals surface area contributed by atoms with Gasteiger partial charge in [-0.2, -0.15) is 0 Å². The lowest BCUT2D eigenvalue weighted by molar-refractivity contribution is -0.140. The third-order valence-corrected chi connectivity index (χ3v) is 5.17. The number of carbonyl (C=O) groups excluding carboxylic acids is 1. The summed E-state index contributed by atoms with van der Waals surface area (Å²) in [6.45, 7) is 3.75. The summed E-state index contributed by atoms with van der Waals surface area (Å²) in [6, 6.07) is 7.90. The number of thioether (sulfide) groups is 1. The highest BCUT2D eigenvalue weighted by atomic mass is 32.2. The fourth-order valence-corrected chi connectivity index (χ4v) is 3.93. The lowest BCUT2D eigenvalue weighted by Crippen LogP contribution is -2.33. The average molecular weight is 360 g/mol. The first-order chi connectivity index (χ1) is 11.4. The summed E-state index contributed by atoms with van der Waals surface area (Å²) in [5, 5.41) is 9.96. The van der Waals surface area contributed by atoms with Gasteiger partial charge in [-0.3, -0.25) is 14.5 Å². The van der Waals surface area contributed by atoms with E-state index in [1.807, 2.05) is 30.3 Å². The van der Waals surface area contributed by atoms with Gasteiger partial charge in [0.25, 0.3) is 5.91 Å². The molecule has 2 N–H and O–H groups in total. The highest BCUT2D eigenvalue weighted by Crippen LogP contribution is 2.36. The average Bonchev–Trinajstić information content (AvgIpc) is 3.01. The molecule has 0 aliphatic carbocycles. The number of nitrogens with one attached hydrogen (secondary N) is 1. The Balaban J connectivity index is 2.07. The second-order valence-electron chi connectivity index (χ2n) is 5.81. The molecule has 7 heteroatoms. The molecular weight excluding hydrogens is 344 g/mol. The van der Waals surface area contributed by atoms with Crippen LogP contribution in [0.2, 0.25) is 0 Å². The summed E-state index contributed by atoms with van der Waals surface area (Å²) < 4.78 is 0.277. The Morgan fingerprint density at radius 1 is 1.42 bits per heavy atom. The lowest BCUT2D eigenvalue weighted by Gasteiger charge is -2.10. The van der Waals surface area contributed by atoms with Crippen molar-refractivity contribution in [2.75, 3.05) is 6.54 Å². The standard InChI is InChI=1S/C17H16N2O3S2/c1-9(2)15-11(10-5-3-4-6-12(10)18-15)7-13-16(22)19(8-14(20)21)17(23)24-13/h3-7,9,18H,8H2,1-2H3,(H,20,21)/b13-7+. The molecule has 0 spiro atoms. The van der Waals surface area contributed by atoms with Crippen LogP contribution in [0.25, 0.3) is 17.0 Å². The van der Waals surface area contributed by atoms with Crippen molar-refractivity contribution in [1.29, 1.82) is 0 Å². The number of aliphatic carboxylic acids is 1. The van der Waals surface area contributed by atoms with E-state index in [-0.39, 0.29) is 16.1 Å². The topological polar surface area (TPSA) is 73.4 Å². The highest BCUT2D eigenvalue weighted by molar-refractivity contribution is 8.26. The number of nitrogens with zero attached hydrogens (tertiary/aromatic N) is 1. The molecule has 24 heavy (non-hydrogen) atoms. The Labute approximate surface area is 148 Å². The number of amides is 1. The summed E-state index contributed by atoms with van der Waals surface area (Å²) >= 11 is 6.29. The number of carboxylic acids is 1. The molecule has 1 aliphatic heterocycles. The number of rotatable bonds is 4. The van der Waals surface area contributed by atoms with Crippen LogP contribution >= 0.6 is 24.0 Å². The summed E-state index contributed by atoms with van der Waals surface area (Å²) in [5.41, 5.74) is 3.00. The van der Waals surface area contributed by atoms with Crippen molar-refractivity contribution < 1.29 is 14.7 Å². The van der Waals surface area contributed by atoms with E-state index < -0.39 is 12.5 Å². The van der Waals surface area contributed by atoms with Gasteiger partial charge in [0.1, 0.15) is 10.9 Å². The van der Waals surface area contributed by atoms with Crippen molar-refractivity contribution in [3.05, 3.63) is 40.4 Å². The molecule has 124 valence electrons. The first kappa shape index (κ1) is 16.7. The van der Waals surface area contributed by atoms with E-state index in [4.69, 9.17) is 17.3 Å². The third kappa shape index (κ3) is 2.97. The van der Waals surface area contributed by atoms with E-state index >= 15 is 0 Å². The molecule has 0 bridgehead atoms. The quantitative estimate of drug-likeness (QED) is 0.644. The van der Waals surface area contributed by atoms with Crippen molar-refractivity contribution in [2.24, 2.45) is 0 Å². The molecule has 0 unspecified atom stereocenters. The molecule has 1 amide bonds. The molecule has 1 aromatic heterocycles. The number of hydrogen-bond acceptors (Lipinski definition) is 4. The molecule has 1 saturated heterocycles. The monoisotopic (exact) mass is 360 g/mol. The minimum Gasteiger partial charge on any atom is -0.480 e. The first-order valence-corrected chi connectivity index (χ1v) is 8.68. The summed E-state index contributed by atoms with van der Waals surface area (Å²) in [4.78, 5) is 28.3. The predicted molar refractivity (Wildman–Crippen MR) is 99.9 cm³/mol. The fourth-order valence-electron chi connectivity index (χ4n) is 2.70. The van der Waals surface area contributed by atoms with Gasteiger partial charge in [0.05, 0.1) is 4.91 Å². The summed E-state index contributed by atoms with van der Waals surface area (Å²) in [5.74, 6) is -1.18. The molecule has 2 heterocycles. The number of H-pyrrole nitrogens is 1. The van der Waals surface area contributed by atoms with Gasteiger partial charge < -0.3 is 10.1 Å². The molecule has 1 aromatic carbocycles. The van der Waals surface area contributed by atoms with Gasteiger partial charge in [-0.15, -0.1) is 0 Å². The fraction of sp³-hybridized carbons (Fsp3) is 0.235. The van der Waals surface area contributed by atoms with Crippen molar-refractivity contribution in [3.8, 4) is 0 Å². The Kier molecular flexibility index (Phi) is 4.47. The maximum absolute atomic E-state index is 12.5. The van der Waals surface area contributed by atoms with E-state index in [0.717, 1.165) is 38.8 Å². The van der Waals surface area contributed by atoms with Gasteiger partial charge >= 0.3 is 5.97 Å². The Hall–Kier alpha value is -2.12. The molecule has 1 aliphatic rings. The number of aromatic nitrogens is 1. The lowest BCUT2D eigenvalue weighted by atomic mass is 10.0. The van der Waals surface area contributed by atoms with Crippen molar-refractivity contribution in [1.82, 2.24) is 9.88 Å². The number of aromatic amines is 1. The largest absolute Gasteiger partial charge is 0.480 e. The molecule has 0 saturated carbocycles. The van der Waals surface area contributed by atoms with Gasteiger partial charge in [-0.05, 0) is 18.1 Å². The zero-order valence-electron chi connectivity index (χ0n) is 13.2. The molecule has 3 rings (SSSR count). The van der Waals surface area contributed by atoms with Gasteiger partial charge in [-0.1, -0.05) is 56.0 Å². The van der Waals surface area contributed by atoms with Crippen LogP contribution in [-0.2, 0) is 9.59 Å². The Morgan fingerprint density at radius 3 is 2.79 bits per heavy atom. The van der Waals surface area contributed by atoms with E-state index in [1.54, 1.807) is 0 Å². The van der Waals surface area contributed by atoms with Gasteiger partial charge in [0, 0.05) is 22.2 Å². The maximum Gasteiger partial charge on any atom is 0.323 e. The number of benzene rings is 1. The zero-order chi connectivity index (χ0) is 17.4. The van der Waals surface area contributed by atoms with Crippen LogP contribution in [0, 0.1) is 0 Å². The number of hydrogen-bond donors (Lipinski definition) is 2. The van der Waals surface area contributed by atoms with Crippen molar-refractivity contribution in [3.63, 3.8) is 0 Å². The van der Waals surface area contributed by atoms with E-state index in [1.165, 1.54) is 0 Å². The molecular formula is C17H16N2O3S2. The van der Waals surface area contributed by atoms with Crippen LogP contribution in [0.1, 0.15) is 31.0 Å². The Morgan fingerprint density at radius 2 is 2.12 bits per heavy atom. The minimum absolute atomic E-state index is 0.257. The van der Waals surface area contributed by atoms with Crippen LogP contribution in [0.4, 0.5) is 0 Å². The van der Waals surface area contributed by atoms with E-state index in [2.05, 4.69) is 18.8 Å². The second kappa shape index (κ2) is 6.41. The number of thiocarbonyl (C=S) groups is 1. The zero-order valence-corrected chi connectivity index (χ0v) is 14.8. The van der Waals surface area contributed by atoms with Gasteiger partial charge in [0.2, 0.25) is 0 Å². The van der Waals surface area contributed by atoms with Crippen molar-refractivity contribution >= 4 is 57.2 Å². The van der Waals surface area contributed by atoms with Gasteiger partial charge in [-0.25, -0.2) is 0 Å². The molecule has 1 fully saturated rings. The summed E-state index contributed by atoms with van der Waals surface area (Å²) in [7, 11) is 0. The SMILES string of the molecule is CC(C)c1[nH]c2ccccc2c1/C=C1/SC(=S)N(CC(=O)O)C1=O. The molecule has 0 radical (unpaired) electrons. The van der Waals surface area contributed by atoms with Gasteiger partial charge in [0.15, 0.2) is 0 Å². The number of carboxylic acid groups (broad SMARTS) is 1. The Bertz CT molecular complexity index is 883. The number of fused-ring (bicyclic) bond motifs is 1. The summed E-state index contributed by atoms with van der Waals surface area (Å²) in [6.07, 6.45) is 1.81. The molecule has 0 atom stereocenters. The predicted octanol–water partition coefficient (Wildman–Crippen LogP) is 3.58. The van der Waals surface area contributed by atoms with Crippen molar-refractivity contribution in [2.45, 2.75) is 19.8 Å². The number of para-hydroxylation sites is 1. The normalized spacial score (nSPS) is 16.8. The number of carbonyl (C=O) groups is 2. The van der Waals surface area contributed by atoms with Crippen LogP contribution in [0.15, 0.2) is 29.2 Å². The van der Waals surface area contributed by atoms with E-state index in [9.17, 15) is 9.59 Å². The van der Waals surface area contributed by atoms with Crippen LogP contribution in [0.5, 0.6) is 0 Å². The highest BCUT2D eigenvalue weighted by Gasteiger charge is 2.33. The van der Waals surface area contributed by atoms with Crippen LogP contribution in [-0.4, -0.2) is 37.7 Å². The molecule has 2 aromatic rings. The third-order valence-electron chi connectivity index (χ3n) is 3.80. The van der Waals surface area contributed by atoms with E-state index in [0.29, 0.717) is 4.91 Å². The van der Waals surface area contributed by atoms with Crippen LogP contribution in [0.3, 0.4) is 0 Å². The van der Waals surface area contributed by atoms with Crippen LogP contribution < -0.4 is 0 Å². The second-order valence-corrected chi connectivity index (χ2v) is 7.49. The smallest absolute Gasteiger partial charge is 0.323 e. The first-order valence-electron chi connectivity index (χ1n) is 7.46. The molecule has 5 nitrogen and oxygen atoms in total. The minimum atomic E-state index is -1.08. The maximum atomic E-state index is 12.5.